The normalized spacial score (nSPS) is 10.4. The maximum absolute atomic E-state index is 11.9. The molecule has 2 aliphatic rings. The smallest absolute Gasteiger partial charge is 1.00 e. The van der Waals surface area contributed by atoms with E-state index in [2.05, 4.69) is 4.98 Å². The predicted octanol–water partition coefficient (Wildman–Crippen LogP) is -0.489. The van der Waals surface area contributed by atoms with Crippen molar-refractivity contribution in [2.45, 2.75) is 0 Å². The van der Waals surface area contributed by atoms with Crippen LogP contribution in [0, 0.1) is 40.5 Å². The Morgan fingerprint density at radius 3 is 1.82 bits per heavy atom. The molecule has 0 spiro atoms. The fraction of sp³-hybridized carbons (Fsp3) is 0. The van der Waals surface area contributed by atoms with Crippen molar-refractivity contribution in [2.75, 3.05) is 0 Å². The summed E-state index contributed by atoms with van der Waals surface area (Å²) in [7, 11) is 0. The van der Waals surface area contributed by atoms with Gasteiger partial charge < -0.3 is 1.43 Å². The minimum atomic E-state index is -1.67. The molecule has 0 bridgehead atoms. The van der Waals surface area contributed by atoms with Crippen LogP contribution in [0.2, 0.25) is 0 Å². The van der Waals surface area contributed by atoms with E-state index in [1.54, 1.807) is 0 Å². The molecule has 3 rings (SSSR count). The van der Waals surface area contributed by atoms with Gasteiger partial charge in [-0.2, -0.15) is 0 Å². The Labute approximate surface area is 199 Å². The summed E-state index contributed by atoms with van der Waals surface area (Å²) in [5.74, 6) is 0. The van der Waals surface area contributed by atoms with E-state index in [9.17, 15) is 45.3 Å². The number of nitro benzene ring substituents is 4. The largest absolute Gasteiger partial charge is 1.00 e. The number of hydrogen-bond donors (Lipinski definition) is 0. The molecular weight excluding hydrogens is 429 g/mol. The minimum absolute atomic E-state index is 0. The summed E-state index contributed by atoms with van der Waals surface area (Å²) in [6, 6.07) is 3.71. The van der Waals surface area contributed by atoms with Gasteiger partial charge >= 0.3 is 74.1 Å². The Morgan fingerprint density at radius 1 is 0.821 bits per heavy atom. The fourth-order valence-electron chi connectivity index (χ4n) is 2.47. The third-order valence-corrected chi connectivity index (χ3v) is 4.60. The monoisotopic (exact) mass is 433 g/mol. The zero-order valence-corrected chi connectivity index (χ0v) is 17.5. The van der Waals surface area contributed by atoms with E-state index in [-0.39, 0.29) is 63.4 Å². The van der Waals surface area contributed by atoms with E-state index < -0.39 is 58.1 Å². The Bertz CT molecular complexity index is 1230. The van der Waals surface area contributed by atoms with Crippen LogP contribution in [0.3, 0.4) is 0 Å². The number of rotatable bonds is 4. The maximum Gasteiger partial charge on any atom is 1.00 e. The van der Waals surface area contributed by atoms with Crippen molar-refractivity contribution in [1.29, 1.82) is 0 Å². The zero-order valence-electron chi connectivity index (χ0n) is 14.6. The van der Waals surface area contributed by atoms with Gasteiger partial charge in [-0.15, -0.1) is 11.3 Å². The van der Waals surface area contributed by atoms with E-state index >= 15 is 0 Å². The molecule has 28 heavy (non-hydrogen) atoms. The van der Waals surface area contributed by atoms with E-state index in [1.807, 2.05) is 0 Å². The summed E-state index contributed by atoms with van der Waals surface area (Å²) in [4.78, 5) is 55.7. The molecule has 0 fully saturated rings. The summed E-state index contributed by atoms with van der Waals surface area (Å²) >= 11 is 0.468. The predicted molar refractivity (Wildman–Crippen MR) is 90.2 cm³/mol. The SMILES string of the molecule is O=c1cccc2sc3c([N+](=O)[O-])c([N+](=O)[O-])c([N+](=O)[O-])c([N+](=O)[O-])c3nc1-2.[H-].[K+]. The maximum atomic E-state index is 11.9. The Balaban J connectivity index is 0.00000210. The van der Waals surface area contributed by atoms with E-state index in [0.717, 1.165) is 6.07 Å². The molecule has 138 valence electrons. The van der Waals surface area contributed by atoms with Crippen LogP contribution < -0.4 is 56.8 Å². The molecule has 1 aliphatic carbocycles. The molecule has 1 heterocycles. The standard InChI is InChI=1S/C12H3N5O9S.K.H/c18-4-2-1-3-5-6(4)13-7-8(14(19)20)9(15(21)22)10(16(23)24)11(17(25)26)12(7)27-5;;/h1-3H;;/q;+1;-1. The van der Waals surface area contributed by atoms with Crippen molar-refractivity contribution < 1.29 is 72.5 Å². The van der Waals surface area contributed by atoms with Gasteiger partial charge in [0.1, 0.15) is 10.4 Å². The van der Waals surface area contributed by atoms with Gasteiger partial charge in [0.15, 0.2) is 5.52 Å². The molecule has 0 radical (unpaired) electrons. The number of nitrogens with zero attached hydrogens (tertiary/aromatic N) is 5. The number of aromatic nitrogens is 1. The third kappa shape index (κ3) is 3.36. The molecule has 1 aromatic rings. The summed E-state index contributed by atoms with van der Waals surface area (Å²) in [6.45, 7) is 0. The van der Waals surface area contributed by atoms with Gasteiger partial charge in [-0.3, -0.25) is 45.3 Å². The number of fused-ring (bicyclic) bond motifs is 2. The molecule has 0 atom stereocenters. The Morgan fingerprint density at radius 2 is 1.32 bits per heavy atom. The van der Waals surface area contributed by atoms with Gasteiger partial charge in [0.2, 0.25) is 5.43 Å². The molecule has 16 heteroatoms. The molecule has 0 amide bonds. The second-order valence-electron chi connectivity index (χ2n) is 4.92. The topological polar surface area (TPSA) is 203 Å². The van der Waals surface area contributed by atoms with Gasteiger partial charge in [0, 0.05) is 0 Å². The summed E-state index contributed by atoms with van der Waals surface area (Å²) in [6.07, 6.45) is 0. The van der Waals surface area contributed by atoms with Crippen molar-refractivity contribution >= 4 is 44.3 Å². The molecule has 14 nitrogen and oxygen atoms in total. The van der Waals surface area contributed by atoms with Crippen molar-refractivity contribution in [3.63, 3.8) is 0 Å². The van der Waals surface area contributed by atoms with Gasteiger partial charge in [0.25, 0.3) is 0 Å². The van der Waals surface area contributed by atoms with E-state index in [4.69, 9.17) is 0 Å². The second-order valence-corrected chi connectivity index (χ2v) is 5.97. The summed E-state index contributed by atoms with van der Waals surface area (Å²) < 4.78 is -0.623. The summed E-state index contributed by atoms with van der Waals surface area (Å²) in [5.41, 5.74) is -7.83. The van der Waals surface area contributed by atoms with Gasteiger partial charge in [-0.1, -0.05) is 6.07 Å². The molecule has 1 aromatic carbocycles. The number of para-hydroxylation sites is 1. The first-order valence-electron chi connectivity index (χ1n) is 6.66. The first kappa shape index (κ1) is 21.8. The van der Waals surface area contributed by atoms with Gasteiger partial charge in [-0.25, -0.2) is 4.98 Å². The number of benzene rings is 2. The summed E-state index contributed by atoms with van der Waals surface area (Å²) in [5, 5.41) is 45.4. The quantitative estimate of drug-likeness (QED) is 0.223. The molecular formula is C12H4KN5O9S. The Hall–Kier alpha value is -2.50. The molecule has 0 unspecified atom stereocenters. The van der Waals surface area contributed by atoms with Crippen molar-refractivity contribution in [3.05, 3.63) is 68.9 Å². The zero-order chi connectivity index (χ0) is 20.0. The molecule has 0 N–H and O–H groups in total. The molecule has 0 saturated carbocycles. The van der Waals surface area contributed by atoms with Crippen molar-refractivity contribution in [3.8, 4) is 10.6 Å². The second kappa shape index (κ2) is 7.85. The van der Waals surface area contributed by atoms with Crippen LogP contribution in [0.4, 0.5) is 22.7 Å². The van der Waals surface area contributed by atoms with Crippen LogP contribution >= 0.6 is 11.3 Å². The van der Waals surface area contributed by atoms with Crippen LogP contribution in [0.1, 0.15) is 1.43 Å². The van der Waals surface area contributed by atoms with E-state index in [0.29, 0.717) is 11.3 Å². The fourth-order valence-corrected chi connectivity index (χ4v) is 3.59. The first-order chi connectivity index (χ1) is 12.6. The minimum Gasteiger partial charge on any atom is -1.00 e. The van der Waals surface area contributed by atoms with Crippen LogP contribution in [0.25, 0.3) is 20.8 Å². The van der Waals surface area contributed by atoms with Gasteiger partial charge in [-0.05, 0) is 12.1 Å². The van der Waals surface area contributed by atoms with Crippen LogP contribution in [0.5, 0.6) is 0 Å². The molecule has 0 saturated heterocycles. The third-order valence-electron chi connectivity index (χ3n) is 3.46. The van der Waals surface area contributed by atoms with Crippen molar-refractivity contribution in [2.24, 2.45) is 0 Å². The molecule has 1 aliphatic heterocycles. The average molecular weight is 433 g/mol. The van der Waals surface area contributed by atoms with Crippen LogP contribution in [-0.4, -0.2) is 24.7 Å². The number of nitro groups is 4. The average Bonchev–Trinajstić information content (AvgIpc) is 2.57. The van der Waals surface area contributed by atoms with Crippen molar-refractivity contribution in [1.82, 2.24) is 4.98 Å². The van der Waals surface area contributed by atoms with Crippen LogP contribution in [-0.2, 0) is 0 Å². The van der Waals surface area contributed by atoms with Crippen LogP contribution in [0.15, 0.2) is 23.0 Å². The van der Waals surface area contributed by atoms with E-state index in [1.165, 1.54) is 12.1 Å². The molecule has 0 aromatic heterocycles. The Kier molecular flexibility index (Phi) is 6.11. The number of hydrogen-bond acceptors (Lipinski definition) is 11. The first-order valence-corrected chi connectivity index (χ1v) is 7.48. The van der Waals surface area contributed by atoms with Gasteiger partial charge in [0.05, 0.1) is 24.6 Å².